The fourth-order valence-corrected chi connectivity index (χ4v) is 4.17. The van der Waals surface area contributed by atoms with Crippen LogP contribution in [0.1, 0.15) is 36.0 Å². The number of carboxylic acid groups (broad SMARTS) is 1. The van der Waals surface area contributed by atoms with Crippen LogP contribution >= 0.6 is 0 Å². The predicted octanol–water partition coefficient (Wildman–Crippen LogP) is 5.39. The molecule has 0 radical (unpaired) electrons. The van der Waals surface area contributed by atoms with Crippen LogP contribution in [-0.4, -0.2) is 17.1 Å². The SMILES string of the molecule is C=C(NOCc1ccc(-c2ccccc2)cc1)c1ccc(CNC2CCC(C(=O)O)C2)cc1. The van der Waals surface area contributed by atoms with Crippen LogP contribution in [0, 0.1) is 5.92 Å². The molecule has 1 saturated carbocycles. The molecule has 2 unspecified atom stereocenters. The van der Waals surface area contributed by atoms with Crippen LogP contribution in [0.15, 0.2) is 85.4 Å². The molecule has 5 nitrogen and oxygen atoms in total. The molecule has 0 aliphatic heterocycles. The first-order chi connectivity index (χ1) is 16.1. The normalized spacial score (nSPS) is 17.6. The van der Waals surface area contributed by atoms with Crippen molar-refractivity contribution in [2.24, 2.45) is 5.92 Å². The highest BCUT2D eigenvalue weighted by molar-refractivity contribution is 5.70. The van der Waals surface area contributed by atoms with E-state index in [0.29, 0.717) is 18.7 Å². The minimum Gasteiger partial charge on any atom is -0.481 e. The van der Waals surface area contributed by atoms with Gasteiger partial charge in [-0.3, -0.25) is 15.1 Å². The van der Waals surface area contributed by atoms with E-state index in [2.05, 4.69) is 65.9 Å². The van der Waals surface area contributed by atoms with Crippen LogP contribution in [0.4, 0.5) is 0 Å². The number of nitrogens with one attached hydrogen (secondary N) is 2. The zero-order chi connectivity index (χ0) is 23.0. The third kappa shape index (κ3) is 6.31. The Hall–Kier alpha value is -3.41. The highest BCUT2D eigenvalue weighted by Crippen LogP contribution is 2.26. The monoisotopic (exact) mass is 442 g/mol. The summed E-state index contributed by atoms with van der Waals surface area (Å²) in [5.74, 6) is -0.887. The van der Waals surface area contributed by atoms with Crippen LogP contribution in [0.3, 0.4) is 0 Å². The fourth-order valence-electron chi connectivity index (χ4n) is 4.17. The zero-order valence-corrected chi connectivity index (χ0v) is 18.7. The second kappa shape index (κ2) is 10.9. The van der Waals surface area contributed by atoms with Gasteiger partial charge in [0.1, 0.15) is 0 Å². The molecule has 3 aromatic rings. The molecule has 0 aromatic heterocycles. The lowest BCUT2D eigenvalue weighted by Gasteiger charge is -2.14. The number of rotatable bonds is 10. The summed E-state index contributed by atoms with van der Waals surface area (Å²) in [6.07, 6.45) is 2.39. The Morgan fingerprint density at radius 3 is 2.24 bits per heavy atom. The van der Waals surface area contributed by atoms with E-state index in [1.807, 2.05) is 30.3 Å². The first-order valence-corrected chi connectivity index (χ1v) is 11.3. The summed E-state index contributed by atoms with van der Waals surface area (Å²) in [5, 5.41) is 12.6. The van der Waals surface area contributed by atoms with Crippen LogP contribution in [0.2, 0.25) is 0 Å². The van der Waals surface area contributed by atoms with Gasteiger partial charge in [0.05, 0.1) is 18.2 Å². The maximum atomic E-state index is 11.1. The van der Waals surface area contributed by atoms with E-state index in [1.54, 1.807) is 0 Å². The van der Waals surface area contributed by atoms with E-state index < -0.39 is 5.97 Å². The Morgan fingerprint density at radius 1 is 0.909 bits per heavy atom. The average Bonchev–Trinajstić information content (AvgIpc) is 3.34. The van der Waals surface area contributed by atoms with Crippen molar-refractivity contribution in [3.63, 3.8) is 0 Å². The lowest BCUT2D eigenvalue weighted by Crippen LogP contribution is -2.26. The first-order valence-electron chi connectivity index (χ1n) is 11.3. The third-order valence-electron chi connectivity index (χ3n) is 6.17. The van der Waals surface area contributed by atoms with Gasteiger partial charge in [0.15, 0.2) is 0 Å². The first kappa shape index (κ1) is 22.8. The molecular formula is C28H30N2O3. The number of hydroxylamine groups is 1. The quantitative estimate of drug-likeness (QED) is 0.367. The largest absolute Gasteiger partial charge is 0.481 e. The van der Waals surface area contributed by atoms with Gasteiger partial charge >= 0.3 is 5.97 Å². The lowest BCUT2D eigenvalue weighted by atomic mass is 10.0. The number of carboxylic acids is 1. The summed E-state index contributed by atoms with van der Waals surface area (Å²) < 4.78 is 0. The molecule has 5 heteroatoms. The molecule has 170 valence electrons. The number of benzene rings is 3. The predicted molar refractivity (Wildman–Crippen MR) is 131 cm³/mol. The molecule has 0 spiro atoms. The van der Waals surface area contributed by atoms with E-state index >= 15 is 0 Å². The molecule has 1 aliphatic carbocycles. The highest BCUT2D eigenvalue weighted by atomic mass is 16.6. The zero-order valence-electron chi connectivity index (χ0n) is 18.7. The number of carbonyl (C=O) groups is 1. The average molecular weight is 443 g/mol. The van der Waals surface area contributed by atoms with Gasteiger partial charge in [0.25, 0.3) is 0 Å². The molecule has 3 aromatic carbocycles. The van der Waals surface area contributed by atoms with Crippen molar-refractivity contribution in [2.45, 2.75) is 38.5 Å². The van der Waals surface area contributed by atoms with Crippen LogP contribution in [0.5, 0.6) is 0 Å². The molecule has 1 aliphatic rings. The molecule has 4 rings (SSSR count). The summed E-state index contributed by atoms with van der Waals surface area (Å²) in [4.78, 5) is 16.7. The molecule has 3 N–H and O–H groups in total. The molecule has 2 atom stereocenters. The lowest BCUT2D eigenvalue weighted by molar-refractivity contribution is -0.141. The van der Waals surface area contributed by atoms with E-state index in [4.69, 9.17) is 9.94 Å². The van der Waals surface area contributed by atoms with Crippen molar-refractivity contribution in [3.05, 3.63) is 102 Å². The van der Waals surface area contributed by atoms with Crippen LogP contribution in [-0.2, 0) is 22.8 Å². The molecule has 1 fully saturated rings. The van der Waals surface area contributed by atoms with Crippen molar-refractivity contribution in [3.8, 4) is 11.1 Å². The van der Waals surface area contributed by atoms with Crippen molar-refractivity contribution < 1.29 is 14.7 Å². The van der Waals surface area contributed by atoms with Gasteiger partial charge in [-0.15, -0.1) is 0 Å². The van der Waals surface area contributed by atoms with Gasteiger partial charge in [0, 0.05) is 12.6 Å². The van der Waals surface area contributed by atoms with E-state index in [0.717, 1.165) is 36.1 Å². The van der Waals surface area contributed by atoms with Crippen molar-refractivity contribution in [2.75, 3.05) is 0 Å². The van der Waals surface area contributed by atoms with Crippen LogP contribution in [0.25, 0.3) is 16.8 Å². The summed E-state index contributed by atoms with van der Waals surface area (Å²) >= 11 is 0. The molecule has 0 amide bonds. The van der Waals surface area contributed by atoms with E-state index in [-0.39, 0.29) is 12.0 Å². The Kier molecular flexibility index (Phi) is 7.55. The van der Waals surface area contributed by atoms with Crippen LogP contribution < -0.4 is 10.8 Å². The maximum absolute atomic E-state index is 11.1. The summed E-state index contributed by atoms with van der Waals surface area (Å²) in [6, 6.07) is 27.0. The summed E-state index contributed by atoms with van der Waals surface area (Å²) in [7, 11) is 0. The molecule has 0 bridgehead atoms. The Bertz CT molecular complexity index is 1060. The second-order valence-electron chi connectivity index (χ2n) is 8.56. The Morgan fingerprint density at radius 2 is 1.58 bits per heavy atom. The second-order valence-corrected chi connectivity index (χ2v) is 8.56. The standard InChI is InChI=1S/C28H30N2O3/c1-20(30-33-19-22-9-13-25(14-10-22)24-5-3-2-4-6-24)23-11-7-21(8-12-23)18-29-27-16-15-26(17-27)28(31)32/h2-14,26-27,29-30H,1,15-19H2,(H,31,32). The molecular weight excluding hydrogens is 412 g/mol. The Balaban J connectivity index is 1.20. The van der Waals surface area contributed by atoms with Gasteiger partial charge in [-0.1, -0.05) is 85.4 Å². The van der Waals surface area contributed by atoms with Gasteiger partial charge in [0.2, 0.25) is 0 Å². The molecule has 0 saturated heterocycles. The molecule has 33 heavy (non-hydrogen) atoms. The van der Waals surface area contributed by atoms with Crippen molar-refractivity contribution >= 4 is 11.7 Å². The minimum absolute atomic E-state index is 0.207. The fraction of sp³-hybridized carbons (Fsp3) is 0.250. The minimum atomic E-state index is -0.680. The topological polar surface area (TPSA) is 70.6 Å². The summed E-state index contributed by atoms with van der Waals surface area (Å²) in [6.45, 7) is 5.23. The number of hydrogen-bond donors (Lipinski definition) is 3. The van der Waals surface area contributed by atoms with Crippen molar-refractivity contribution in [1.82, 2.24) is 10.8 Å². The van der Waals surface area contributed by atoms with Crippen molar-refractivity contribution in [1.29, 1.82) is 0 Å². The van der Waals surface area contributed by atoms with Gasteiger partial charge in [-0.25, -0.2) is 0 Å². The smallest absolute Gasteiger partial charge is 0.306 e. The van der Waals surface area contributed by atoms with Gasteiger partial charge in [-0.2, -0.15) is 0 Å². The number of aliphatic carboxylic acids is 1. The third-order valence-corrected chi connectivity index (χ3v) is 6.17. The van der Waals surface area contributed by atoms with E-state index in [9.17, 15) is 4.79 Å². The number of hydrogen-bond acceptors (Lipinski definition) is 4. The Labute approximate surface area is 195 Å². The van der Waals surface area contributed by atoms with E-state index in [1.165, 1.54) is 11.1 Å². The van der Waals surface area contributed by atoms with Gasteiger partial charge in [-0.05, 0) is 47.1 Å². The van der Waals surface area contributed by atoms with Gasteiger partial charge < -0.3 is 10.4 Å². The molecule has 0 heterocycles. The summed E-state index contributed by atoms with van der Waals surface area (Å²) in [5.41, 5.74) is 9.22. The maximum Gasteiger partial charge on any atom is 0.306 e. The highest BCUT2D eigenvalue weighted by Gasteiger charge is 2.29.